The number of aromatic nitrogens is 2. The zero-order valence-corrected chi connectivity index (χ0v) is 16.8. The van der Waals surface area contributed by atoms with Gasteiger partial charge in [-0.1, -0.05) is 12.1 Å². The van der Waals surface area contributed by atoms with Crippen molar-refractivity contribution in [3.05, 3.63) is 58.4 Å². The van der Waals surface area contributed by atoms with Gasteiger partial charge < -0.3 is 15.0 Å². The number of non-ortho nitro benzene ring substituents is 1. The largest absolute Gasteiger partial charge is 0.398 e. The molecule has 1 aliphatic heterocycles. The van der Waals surface area contributed by atoms with E-state index in [1.54, 1.807) is 12.1 Å². The van der Waals surface area contributed by atoms with Gasteiger partial charge in [0.15, 0.2) is 0 Å². The molecule has 1 aromatic carbocycles. The van der Waals surface area contributed by atoms with E-state index in [9.17, 15) is 10.1 Å². The summed E-state index contributed by atoms with van der Waals surface area (Å²) < 4.78 is 2.01. The second-order valence-corrected chi connectivity index (χ2v) is 7.85. The van der Waals surface area contributed by atoms with Gasteiger partial charge in [-0.05, 0) is 52.2 Å². The molecule has 4 rings (SSSR count). The maximum atomic E-state index is 11.2. The third-order valence-electron chi connectivity index (χ3n) is 5.78. The Hall–Kier alpha value is -2.97. The van der Waals surface area contributed by atoms with Crippen molar-refractivity contribution < 1.29 is 4.92 Å². The first-order valence-electron chi connectivity index (χ1n) is 9.82. The molecular formula is C21H26N6O2. The van der Waals surface area contributed by atoms with E-state index in [0.29, 0.717) is 18.3 Å². The fourth-order valence-corrected chi connectivity index (χ4v) is 4.06. The Balaban J connectivity index is 1.75. The van der Waals surface area contributed by atoms with Crippen molar-refractivity contribution in [2.45, 2.75) is 25.4 Å². The van der Waals surface area contributed by atoms with Gasteiger partial charge in [0, 0.05) is 42.2 Å². The predicted molar refractivity (Wildman–Crippen MR) is 114 cm³/mol. The fraction of sp³-hybridized carbons (Fsp3) is 0.381. The molecule has 3 aromatic rings. The number of nitro benzene ring substituents is 1. The number of hydrogen-bond acceptors (Lipinski definition) is 6. The first-order valence-corrected chi connectivity index (χ1v) is 9.82. The summed E-state index contributed by atoms with van der Waals surface area (Å²) in [6.07, 6.45) is 4.12. The Bertz CT molecular complexity index is 1040. The lowest BCUT2D eigenvalue weighted by Gasteiger charge is -2.35. The second-order valence-electron chi connectivity index (χ2n) is 7.85. The molecule has 1 aliphatic rings. The van der Waals surface area contributed by atoms with Crippen molar-refractivity contribution in [2.24, 2.45) is 0 Å². The minimum atomic E-state index is -0.373. The monoisotopic (exact) mass is 394 g/mol. The van der Waals surface area contributed by atoms with E-state index in [1.807, 2.05) is 28.8 Å². The van der Waals surface area contributed by atoms with E-state index in [4.69, 9.17) is 10.7 Å². The van der Waals surface area contributed by atoms with Crippen LogP contribution in [0.5, 0.6) is 0 Å². The third kappa shape index (κ3) is 3.94. The summed E-state index contributed by atoms with van der Waals surface area (Å²) in [7, 11) is 4.29. The lowest BCUT2D eigenvalue weighted by atomic mass is 10.0. The quantitative estimate of drug-likeness (QED) is 0.528. The molecule has 8 heteroatoms. The molecule has 2 N–H and O–H groups in total. The topological polar surface area (TPSA) is 92.9 Å². The van der Waals surface area contributed by atoms with Crippen LogP contribution >= 0.6 is 0 Å². The first-order chi connectivity index (χ1) is 13.9. The number of rotatable bonds is 5. The number of anilines is 1. The number of hydrogen-bond donors (Lipinski definition) is 1. The maximum Gasteiger partial charge on any atom is 0.270 e. The lowest BCUT2D eigenvalue weighted by Crippen LogP contribution is -2.41. The minimum Gasteiger partial charge on any atom is -0.398 e. The van der Waals surface area contributed by atoms with Crippen LogP contribution < -0.4 is 5.73 Å². The third-order valence-corrected chi connectivity index (χ3v) is 5.78. The molecule has 0 bridgehead atoms. The Kier molecular flexibility index (Phi) is 5.21. The molecule has 0 aliphatic carbocycles. The molecule has 152 valence electrons. The number of fused-ring (bicyclic) bond motifs is 1. The molecule has 8 nitrogen and oxygen atoms in total. The van der Waals surface area contributed by atoms with Crippen molar-refractivity contribution >= 4 is 17.0 Å². The number of benzene rings is 1. The zero-order valence-electron chi connectivity index (χ0n) is 16.8. The lowest BCUT2D eigenvalue weighted by molar-refractivity contribution is -0.384. The van der Waals surface area contributed by atoms with Crippen LogP contribution in [-0.2, 0) is 6.54 Å². The molecule has 3 heterocycles. The van der Waals surface area contributed by atoms with E-state index in [2.05, 4.69) is 23.9 Å². The van der Waals surface area contributed by atoms with Crippen LogP contribution in [0.3, 0.4) is 0 Å². The van der Waals surface area contributed by atoms with Crippen molar-refractivity contribution in [1.82, 2.24) is 19.2 Å². The number of imidazole rings is 1. The summed E-state index contributed by atoms with van der Waals surface area (Å²) in [5.74, 6) is 0. The second kappa shape index (κ2) is 7.81. The Morgan fingerprint density at radius 1 is 1.28 bits per heavy atom. The number of nitrogen functional groups attached to an aromatic ring is 1. The molecule has 0 atom stereocenters. The summed E-state index contributed by atoms with van der Waals surface area (Å²) in [6, 6.07) is 10.9. The molecule has 0 saturated carbocycles. The molecule has 0 radical (unpaired) electrons. The number of piperidine rings is 1. The number of nitrogens with two attached hydrogens (primary N) is 1. The standard InChI is InChI=1S/C21H26N6O2/c1-24-10-8-17(9-11-24)25(2)14-19-21(15-4-3-5-18(12-15)27(28)29)23-20-7-6-16(22)13-26(19)20/h3-7,12-13,17H,8-11,14,22H2,1-2H3. The van der Waals surface area contributed by atoms with Crippen LogP contribution in [0.15, 0.2) is 42.6 Å². The van der Waals surface area contributed by atoms with Gasteiger partial charge in [0.2, 0.25) is 0 Å². The molecule has 0 amide bonds. The van der Waals surface area contributed by atoms with Crippen LogP contribution in [0.1, 0.15) is 18.5 Å². The summed E-state index contributed by atoms with van der Waals surface area (Å²) >= 11 is 0. The van der Waals surface area contributed by atoms with Gasteiger partial charge in [0.25, 0.3) is 5.69 Å². The van der Waals surface area contributed by atoms with Gasteiger partial charge in [-0.25, -0.2) is 4.98 Å². The van der Waals surface area contributed by atoms with Crippen molar-refractivity contribution in [2.75, 3.05) is 32.9 Å². The zero-order chi connectivity index (χ0) is 20.5. The highest BCUT2D eigenvalue weighted by molar-refractivity contribution is 5.69. The van der Waals surface area contributed by atoms with E-state index in [1.165, 1.54) is 6.07 Å². The molecule has 0 spiro atoms. The smallest absolute Gasteiger partial charge is 0.270 e. The Labute approximate surface area is 169 Å². The summed E-state index contributed by atoms with van der Waals surface area (Å²) in [6.45, 7) is 2.87. The molecular weight excluding hydrogens is 368 g/mol. The summed E-state index contributed by atoms with van der Waals surface area (Å²) in [4.78, 5) is 20.4. The molecule has 29 heavy (non-hydrogen) atoms. The van der Waals surface area contributed by atoms with Crippen LogP contribution in [0.25, 0.3) is 16.9 Å². The van der Waals surface area contributed by atoms with Gasteiger partial charge in [-0.2, -0.15) is 0 Å². The van der Waals surface area contributed by atoms with Crippen molar-refractivity contribution in [3.8, 4) is 11.3 Å². The normalized spacial score (nSPS) is 16.0. The summed E-state index contributed by atoms with van der Waals surface area (Å²) in [5.41, 5.74) is 10.0. The van der Waals surface area contributed by atoms with Gasteiger partial charge in [0.05, 0.1) is 16.3 Å². The molecule has 2 aromatic heterocycles. The van der Waals surface area contributed by atoms with Crippen LogP contribution in [-0.4, -0.2) is 57.3 Å². The maximum absolute atomic E-state index is 11.2. The van der Waals surface area contributed by atoms with Crippen LogP contribution in [0.2, 0.25) is 0 Å². The SMILES string of the molecule is CN1CCC(N(C)Cc2c(-c3cccc([N+](=O)[O-])c3)nc3ccc(N)cn23)CC1. The van der Waals surface area contributed by atoms with Crippen LogP contribution in [0, 0.1) is 10.1 Å². The predicted octanol–water partition coefficient (Wildman–Crippen LogP) is 3.02. The fourth-order valence-electron chi connectivity index (χ4n) is 4.06. The van der Waals surface area contributed by atoms with Gasteiger partial charge in [0.1, 0.15) is 5.65 Å². The van der Waals surface area contributed by atoms with Gasteiger partial charge in [-0.15, -0.1) is 0 Å². The van der Waals surface area contributed by atoms with Gasteiger partial charge >= 0.3 is 0 Å². The van der Waals surface area contributed by atoms with E-state index in [-0.39, 0.29) is 10.6 Å². The average Bonchev–Trinajstić information content (AvgIpc) is 3.06. The summed E-state index contributed by atoms with van der Waals surface area (Å²) in [5, 5.41) is 11.2. The van der Waals surface area contributed by atoms with Crippen LogP contribution in [0.4, 0.5) is 11.4 Å². The van der Waals surface area contributed by atoms with E-state index >= 15 is 0 Å². The highest BCUT2D eigenvalue weighted by Gasteiger charge is 2.24. The number of nitrogens with zero attached hydrogens (tertiary/aromatic N) is 5. The molecule has 0 unspecified atom stereocenters. The number of likely N-dealkylation sites (tertiary alicyclic amines) is 1. The van der Waals surface area contributed by atoms with E-state index in [0.717, 1.165) is 48.5 Å². The van der Waals surface area contributed by atoms with Crippen molar-refractivity contribution in [3.63, 3.8) is 0 Å². The van der Waals surface area contributed by atoms with E-state index < -0.39 is 0 Å². The van der Waals surface area contributed by atoms with Gasteiger partial charge in [-0.3, -0.25) is 15.0 Å². The molecule has 1 saturated heterocycles. The Morgan fingerprint density at radius 2 is 2.03 bits per heavy atom. The van der Waals surface area contributed by atoms with Crippen molar-refractivity contribution in [1.29, 1.82) is 0 Å². The number of nitro groups is 1. The number of pyridine rings is 1. The highest BCUT2D eigenvalue weighted by atomic mass is 16.6. The minimum absolute atomic E-state index is 0.0636. The highest BCUT2D eigenvalue weighted by Crippen LogP contribution is 2.29. The Morgan fingerprint density at radius 3 is 2.76 bits per heavy atom. The average molecular weight is 394 g/mol. The first kappa shape index (κ1) is 19.4. The molecule has 1 fully saturated rings.